The van der Waals surface area contributed by atoms with Crippen LogP contribution in [0.2, 0.25) is 0 Å². The maximum atomic E-state index is 11.6. The number of hydrogen-bond acceptors (Lipinski definition) is 2. The van der Waals surface area contributed by atoms with E-state index in [1.165, 1.54) is 0 Å². The Labute approximate surface area is 212 Å². The van der Waals surface area contributed by atoms with Gasteiger partial charge in [0.05, 0.1) is 6.42 Å². The van der Waals surface area contributed by atoms with E-state index in [-0.39, 0.29) is 6.42 Å². The maximum absolute atomic E-state index is 11.6. The van der Waals surface area contributed by atoms with Crippen molar-refractivity contribution in [2.75, 3.05) is 0 Å². The molecule has 0 unspecified atom stereocenters. The molecule has 0 bridgehead atoms. The fourth-order valence-corrected chi connectivity index (χ4v) is 4.73. The van der Waals surface area contributed by atoms with Crippen molar-refractivity contribution in [2.24, 2.45) is 0 Å². The van der Waals surface area contributed by atoms with Crippen LogP contribution in [0, 0.1) is 0 Å². The number of carboxylic acids is 1. The zero-order valence-corrected chi connectivity index (χ0v) is 20.6. The summed E-state index contributed by atoms with van der Waals surface area (Å²) in [6, 6.07) is 32.6. The molecule has 0 atom stereocenters. The van der Waals surface area contributed by atoms with E-state index in [2.05, 4.69) is 56.9 Å². The average molecular weight is 526 g/mol. The van der Waals surface area contributed by atoms with E-state index in [9.17, 15) is 9.90 Å². The zero-order chi connectivity index (χ0) is 24.2. The minimum absolute atomic E-state index is 0.0380. The SMILES string of the molecule is O=C(O)Cc1cn(Cc2cccc(-c3cccc(Br)c3)c2)c2ccc(OCc3ccccc3)cc12. The first-order valence-electron chi connectivity index (χ1n) is 11.4. The molecule has 5 aromatic rings. The van der Waals surface area contributed by atoms with Crippen LogP contribution >= 0.6 is 15.9 Å². The van der Waals surface area contributed by atoms with Crippen molar-refractivity contribution in [1.82, 2.24) is 4.57 Å². The minimum Gasteiger partial charge on any atom is -0.489 e. The summed E-state index contributed by atoms with van der Waals surface area (Å²) in [6.07, 6.45) is 1.91. The Morgan fingerprint density at radius 2 is 1.57 bits per heavy atom. The fraction of sp³-hybridized carbons (Fsp3) is 0.100. The summed E-state index contributed by atoms with van der Waals surface area (Å²) in [4.78, 5) is 11.6. The highest BCUT2D eigenvalue weighted by Crippen LogP contribution is 2.29. The molecule has 0 amide bonds. The van der Waals surface area contributed by atoms with Gasteiger partial charge in [-0.3, -0.25) is 4.79 Å². The van der Waals surface area contributed by atoms with Crippen LogP contribution in [0.3, 0.4) is 0 Å². The largest absolute Gasteiger partial charge is 0.489 e. The molecule has 0 aliphatic rings. The second-order valence-corrected chi connectivity index (χ2v) is 9.43. The van der Waals surface area contributed by atoms with Gasteiger partial charge < -0.3 is 14.4 Å². The van der Waals surface area contributed by atoms with Crippen LogP contribution in [-0.2, 0) is 24.4 Å². The molecule has 174 valence electrons. The summed E-state index contributed by atoms with van der Waals surface area (Å²) < 4.78 is 9.16. The van der Waals surface area contributed by atoms with Crippen molar-refractivity contribution in [1.29, 1.82) is 0 Å². The number of nitrogens with zero attached hydrogens (tertiary/aromatic N) is 1. The van der Waals surface area contributed by atoms with E-state index in [0.29, 0.717) is 13.2 Å². The quantitative estimate of drug-likeness (QED) is 0.230. The van der Waals surface area contributed by atoms with E-state index >= 15 is 0 Å². The van der Waals surface area contributed by atoms with Gasteiger partial charge >= 0.3 is 5.97 Å². The molecule has 4 nitrogen and oxygen atoms in total. The van der Waals surface area contributed by atoms with Crippen molar-refractivity contribution in [3.05, 3.63) is 124 Å². The van der Waals surface area contributed by atoms with Gasteiger partial charge in [-0.25, -0.2) is 0 Å². The Morgan fingerprint density at radius 1 is 0.829 bits per heavy atom. The van der Waals surface area contributed by atoms with Crippen LogP contribution in [-0.4, -0.2) is 15.6 Å². The molecule has 4 aromatic carbocycles. The molecule has 5 rings (SSSR count). The molecule has 0 fully saturated rings. The number of fused-ring (bicyclic) bond motifs is 1. The average Bonchev–Trinajstić information content (AvgIpc) is 3.19. The Bertz CT molecular complexity index is 1490. The van der Waals surface area contributed by atoms with Gasteiger partial charge in [0.2, 0.25) is 0 Å². The van der Waals surface area contributed by atoms with Gasteiger partial charge in [-0.1, -0.05) is 76.6 Å². The zero-order valence-electron chi connectivity index (χ0n) is 19.0. The summed E-state index contributed by atoms with van der Waals surface area (Å²) >= 11 is 3.55. The molecular weight excluding hydrogens is 502 g/mol. The van der Waals surface area contributed by atoms with Gasteiger partial charge in [-0.05, 0) is 64.2 Å². The normalized spacial score (nSPS) is 11.0. The van der Waals surface area contributed by atoms with E-state index in [0.717, 1.165) is 48.9 Å². The predicted molar refractivity (Wildman–Crippen MR) is 143 cm³/mol. The highest BCUT2D eigenvalue weighted by atomic mass is 79.9. The van der Waals surface area contributed by atoms with Gasteiger partial charge in [0.1, 0.15) is 12.4 Å². The van der Waals surface area contributed by atoms with Gasteiger partial charge in [0.25, 0.3) is 0 Å². The Kier molecular flexibility index (Phi) is 6.68. The molecule has 0 aliphatic carbocycles. The van der Waals surface area contributed by atoms with Crippen LogP contribution in [0.5, 0.6) is 5.75 Å². The number of ether oxygens (including phenoxy) is 1. The third-order valence-electron chi connectivity index (χ3n) is 5.96. The maximum Gasteiger partial charge on any atom is 0.307 e. The second kappa shape index (κ2) is 10.2. The molecule has 5 heteroatoms. The highest BCUT2D eigenvalue weighted by Gasteiger charge is 2.13. The van der Waals surface area contributed by atoms with E-state index in [1.54, 1.807) is 0 Å². The molecule has 1 heterocycles. The smallest absolute Gasteiger partial charge is 0.307 e. The number of rotatable bonds is 8. The Balaban J connectivity index is 1.45. The lowest BCUT2D eigenvalue weighted by molar-refractivity contribution is -0.136. The standard InChI is InChI=1S/C30H24BrNO3/c31-26-11-5-10-24(15-26)23-9-4-8-22(14-23)18-32-19-25(16-30(33)34)28-17-27(12-13-29(28)32)35-20-21-6-2-1-3-7-21/h1-15,17,19H,16,18,20H2,(H,33,34). The lowest BCUT2D eigenvalue weighted by Gasteiger charge is -2.10. The van der Waals surface area contributed by atoms with Gasteiger partial charge in [0, 0.05) is 28.1 Å². The molecular formula is C30H24BrNO3. The summed E-state index contributed by atoms with van der Waals surface area (Å²) in [5.41, 5.74) is 6.28. The lowest BCUT2D eigenvalue weighted by atomic mass is 10.0. The monoisotopic (exact) mass is 525 g/mol. The lowest BCUT2D eigenvalue weighted by Crippen LogP contribution is -2.00. The number of aliphatic carboxylic acids is 1. The van der Waals surface area contributed by atoms with Crippen LogP contribution < -0.4 is 4.74 Å². The van der Waals surface area contributed by atoms with Gasteiger partial charge in [0.15, 0.2) is 0 Å². The molecule has 1 aromatic heterocycles. The van der Waals surface area contributed by atoms with Crippen molar-refractivity contribution >= 4 is 32.8 Å². The molecule has 35 heavy (non-hydrogen) atoms. The Hall–Kier alpha value is -3.83. The van der Waals surface area contributed by atoms with E-state index in [1.807, 2.05) is 66.9 Å². The van der Waals surface area contributed by atoms with Crippen LogP contribution in [0.1, 0.15) is 16.7 Å². The number of carboxylic acid groups (broad SMARTS) is 1. The van der Waals surface area contributed by atoms with Crippen LogP contribution in [0.15, 0.2) is 108 Å². The first-order chi connectivity index (χ1) is 17.0. The third kappa shape index (κ3) is 5.47. The third-order valence-corrected chi connectivity index (χ3v) is 6.46. The van der Waals surface area contributed by atoms with Crippen molar-refractivity contribution in [3.63, 3.8) is 0 Å². The summed E-state index contributed by atoms with van der Waals surface area (Å²) in [6.45, 7) is 1.10. The second-order valence-electron chi connectivity index (χ2n) is 8.52. The van der Waals surface area contributed by atoms with Crippen LogP contribution in [0.25, 0.3) is 22.0 Å². The first-order valence-corrected chi connectivity index (χ1v) is 12.2. The molecule has 0 radical (unpaired) electrons. The number of halogens is 1. The molecule has 0 spiro atoms. The van der Waals surface area contributed by atoms with E-state index in [4.69, 9.17) is 4.74 Å². The first kappa shape index (κ1) is 22.9. The summed E-state index contributed by atoms with van der Waals surface area (Å²) in [5, 5.41) is 10.4. The van der Waals surface area contributed by atoms with Gasteiger partial charge in [-0.15, -0.1) is 0 Å². The molecule has 1 N–H and O–H groups in total. The number of carbonyl (C=O) groups is 1. The highest BCUT2D eigenvalue weighted by molar-refractivity contribution is 9.10. The summed E-state index contributed by atoms with van der Waals surface area (Å²) in [7, 11) is 0. The number of hydrogen-bond donors (Lipinski definition) is 1. The molecule has 0 aliphatic heterocycles. The van der Waals surface area contributed by atoms with Crippen molar-refractivity contribution in [2.45, 2.75) is 19.6 Å². The van der Waals surface area contributed by atoms with Crippen molar-refractivity contribution < 1.29 is 14.6 Å². The van der Waals surface area contributed by atoms with Gasteiger partial charge in [-0.2, -0.15) is 0 Å². The Morgan fingerprint density at radius 3 is 2.34 bits per heavy atom. The van der Waals surface area contributed by atoms with E-state index < -0.39 is 5.97 Å². The van der Waals surface area contributed by atoms with Crippen LogP contribution in [0.4, 0.5) is 0 Å². The minimum atomic E-state index is -0.851. The topological polar surface area (TPSA) is 51.5 Å². The number of aromatic nitrogens is 1. The number of benzene rings is 4. The molecule has 0 saturated heterocycles. The molecule has 0 saturated carbocycles. The van der Waals surface area contributed by atoms with Crippen molar-refractivity contribution in [3.8, 4) is 16.9 Å². The summed E-state index contributed by atoms with van der Waals surface area (Å²) in [5.74, 6) is -0.126. The predicted octanol–water partition coefficient (Wildman–Crippen LogP) is 7.33. The fourth-order valence-electron chi connectivity index (χ4n) is 4.33.